The second-order valence-corrected chi connectivity index (χ2v) is 8.43. The van der Waals surface area contributed by atoms with Gasteiger partial charge in [-0.1, -0.05) is 13.3 Å². The van der Waals surface area contributed by atoms with Gasteiger partial charge in [0.25, 0.3) is 0 Å². The molecule has 1 unspecified atom stereocenters. The molecule has 4 aliphatic rings. The first-order valence-electron chi connectivity index (χ1n) is 9.76. The topological polar surface area (TPSA) is 32.3 Å². The molecule has 0 aromatic carbocycles. The molecule has 3 nitrogen and oxygen atoms in total. The van der Waals surface area contributed by atoms with E-state index >= 15 is 0 Å². The Morgan fingerprint density at radius 2 is 1.64 bits per heavy atom. The molecule has 1 amide bonds. The number of rotatable bonds is 4. The zero-order valence-corrected chi connectivity index (χ0v) is 14.2. The first-order valence-corrected chi connectivity index (χ1v) is 9.76. The summed E-state index contributed by atoms with van der Waals surface area (Å²) in [6.07, 6.45) is 12.7. The van der Waals surface area contributed by atoms with Gasteiger partial charge in [0.1, 0.15) is 0 Å². The summed E-state index contributed by atoms with van der Waals surface area (Å²) in [6, 6.07) is 1.18. The molecule has 1 saturated heterocycles. The van der Waals surface area contributed by atoms with Gasteiger partial charge in [-0.3, -0.25) is 4.79 Å². The average molecular weight is 304 g/mol. The second kappa shape index (κ2) is 5.81. The summed E-state index contributed by atoms with van der Waals surface area (Å²) in [5, 5.41) is 3.45. The van der Waals surface area contributed by atoms with Crippen LogP contribution in [0.2, 0.25) is 0 Å². The van der Waals surface area contributed by atoms with Gasteiger partial charge < -0.3 is 10.2 Å². The summed E-state index contributed by atoms with van der Waals surface area (Å²) in [4.78, 5) is 15.6. The molecular formula is C19H32N2O. The summed E-state index contributed by atoms with van der Waals surface area (Å²) in [5.74, 6) is 1.84. The van der Waals surface area contributed by atoms with E-state index in [4.69, 9.17) is 0 Å². The number of hydrogen-bond donors (Lipinski definition) is 1. The van der Waals surface area contributed by atoms with Crippen LogP contribution in [0.15, 0.2) is 0 Å². The van der Waals surface area contributed by atoms with Crippen LogP contribution in [0.5, 0.6) is 0 Å². The standard InChI is InChI=1S/C19H32N2O/c1-2-14-3-5-15(6-4-14)21(16-7-8-16)18(22)17-13-19(17)9-11-20-12-10-19/h14-17,20H,2-13H2,1H3. The van der Waals surface area contributed by atoms with Crippen LogP contribution < -0.4 is 5.32 Å². The van der Waals surface area contributed by atoms with Gasteiger partial charge in [0.05, 0.1) is 0 Å². The fourth-order valence-electron chi connectivity index (χ4n) is 5.20. The number of carbonyl (C=O) groups excluding carboxylic acids is 1. The highest BCUT2D eigenvalue weighted by atomic mass is 16.2. The van der Waals surface area contributed by atoms with Gasteiger partial charge >= 0.3 is 0 Å². The van der Waals surface area contributed by atoms with E-state index in [0.717, 1.165) is 19.0 Å². The molecule has 22 heavy (non-hydrogen) atoms. The van der Waals surface area contributed by atoms with Crippen molar-refractivity contribution in [2.24, 2.45) is 17.3 Å². The lowest BCUT2D eigenvalue weighted by Crippen LogP contribution is -2.45. The van der Waals surface area contributed by atoms with Crippen molar-refractivity contribution >= 4 is 5.91 Å². The number of hydrogen-bond acceptors (Lipinski definition) is 2. The summed E-state index contributed by atoms with van der Waals surface area (Å²) >= 11 is 0. The third-order valence-electron chi connectivity index (χ3n) is 7.07. The van der Waals surface area contributed by atoms with Gasteiger partial charge in [0, 0.05) is 18.0 Å². The van der Waals surface area contributed by atoms with Gasteiger partial charge in [-0.25, -0.2) is 0 Å². The summed E-state index contributed by atoms with van der Waals surface area (Å²) in [7, 11) is 0. The van der Waals surface area contributed by atoms with Crippen molar-refractivity contribution in [3.05, 3.63) is 0 Å². The first kappa shape index (κ1) is 15.0. The van der Waals surface area contributed by atoms with Crippen molar-refractivity contribution in [1.82, 2.24) is 10.2 Å². The Kier molecular flexibility index (Phi) is 3.96. The highest BCUT2D eigenvalue weighted by Gasteiger charge is 2.60. The highest BCUT2D eigenvalue weighted by molar-refractivity contribution is 5.83. The number of piperidine rings is 1. The lowest BCUT2D eigenvalue weighted by Gasteiger charge is -2.38. The summed E-state index contributed by atoms with van der Waals surface area (Å²) < 4.78 is 0. The van der Waals surface area contributed by atoms with E-state index in [1.807, 2.05) is 0 Å². The van der Waals surface area contributed by atoms with Crippen molar-refractivity contribution < 1.29 is 4.79 Å². The molecular weight excluding hydrogens is 272 g/mol. The van der Waals surface area contributed by atoms with E-state index < -0.39 is 0 Å². The third-order valence-corrected chi connectivity index (χ3v) is 7.07. The van der Waals surface area contributed by atoms with Crippen molar-refractivity contribution in [3.63, 3.8) is 0 Å². The molecule has 0 aromatic heterocycles. The Bertz CT molecular complexity index is 417. The predicted molar refractivity (Wildman–Crippen MR) is 88.5 cm³/mol. The minimum Gasteiger partial charge on any atom is -0.336 e. The quantitative estimate of drug-likeness (QED) is 0.864. The Balaban J connectivity index is 1.41. The van der Waals surface area contributed by atoms with E-state index in [1.54, 1.807) is 0 Å². The average Bonchev–Trinajstić information content (AvgIpc) is 3.47. The molecule has 3 heteroatoms. The smallest absolute Gasteiger partial charge is 0.226 e. The molecule has 3 aliphatic carbocycles. The fourth-order valence-corrected chi connectivity index (χ4v) is 5.20. The molecule has 1 aliphatic heterocycles. The lowest BCUT2D eigenvalue weighted by molar-refractivity contribution is -0.137. The Hall–Kier alpha value is -0.570. The van der Waals surface area contributed by atoms with E-state index in [-0.39, 0.29) is 0 Å². The maximum Gasteiger partial charge on any atom is 0.226 e. The first-order chi connectivity index (χ1) is 10.7. The van der Waals surface area contributed by atoms with E-state index in [1.165, 1.54) is 64.2 Å². The normalized spacial score (nSPS) is 37.0. The number of nitrogens with one attached hydrogen (secondary N) is 1. The molecule has 1 heterocycles. The van der Waals surface area contributed by atoms with Gasteiger partial charge in [-0.15, -0.1) is 0 Å². The Morgan fingerprint density at radius 1 is 1.05 bits per heavy atom. The molecule has 4 fully saturated rings. The van der Waals surface area contributed by atoms with Crippen LogP contribution >= 0.6 is 0 Å². The van der Waals surface area contributed by atoms with Gasteiger partial charge in [-0.05, 0) is 82.2 Å². The zero-order valence-electron chi connectivity index (χ0n) is 14.2. The molecule has 4 rings (SSSR count). The molecule has 1 N–H and O–H groups in total. The van der Waals surface area contributed by atoms with Gasteiger partial charge in [0.2, 0.25) is 5.91 Å². The number of carbonyl (C=O) groups is 1. The van der Waals surface area contributed by atoms with Crippen LogP contribution in [-0.4, -0.2) is 36.0 Å². The van der Waals surface area contributed by atoms with E-state index in [0.29, 0.717) is 29.3 Å². The molecule has 1 atom stereocenters. The predicted octanol–water partition coefficient (Wildman–Crippen LogP) is 3.34. The summed E-state index contributed by atoms with van der Waals surface area (Å²) in [6.45, 7) is 4.56. The van der Waals surface area contributed by atoms with Crippen molar-refractivity contribution in [2.75, 3.05) is 13.1 Å². The molecule has 3 saturated carbocycles. The van der Waals surface area contributed by atoms with Crippen LogP contribution in [0.4, 0.5) is 0 Å². The minimum absolute atomic E-state index is 0.374. The van der Waals surface area contributed by atoms with Crippen molar-refractivity contribution in [1.29, 1.82) is 0 Å². The monoisotopic (exact) mass is 304 g/mol. The molecule has 0 bridgehead atoms. The van der Waals surface area contributed by atoms with Crippen LogP contribution in [0, 0.1) is 17.3 Å². The van der Waals surface area contributed by atoms with Crippen LogP contribution in [0.1, 0.15) is 71.1 Å². The zero-order chi connectivity index (χ0) is 15.2. The second-order valence-electron chi connectivity index (χ2n) is 8.43. The van der Waals surface area contributed by atoms with Crippen molar-refractivity contribution in [3.8, 4) is 0 Å². The van der Waals surface area contributed by atoms with E-state index in [9.17, 15) is 4.79 Å². The van der Waals surface area contributed by atoms with Crippen LogP contribution in [0.25, 0.3) is 0 Å². The molecule has 124 valence electrons. The van der Waals surface area contributed by atoms with Gasteiger partial charge in [0.15, 0.2) is 0 Å². The van der Waals surface area contributed by atoms with Crippen molar-refractivity contribution in [2.45, 2.75) is 83.2 Å². The van der Waals surface area contributed by atoms with Crippen LogP contribution in [-0.2, 0) is 4.79 Å². The highest BCUT2D eigenvalue weighted by Crippen LogP contribution is 2.60. The maximum atomic E-state index is 13.2. The van der Waals surface area contributed by atoms with Gasteiger partial charge in [-0.2, -0.15) is 0 Å². The fraction of sp³-hybridized carbons (Fsp3) is 0.947. The Labute approximate surface area is 135 Å². The molecule has 0 aromatic rings. The lowest BCUT2D eigenvalue weighted by atomic mass is 9.83. The maximum absolute atomic E-state index is 13.2. The minimum atomic E-state index is 0.374. The SMILES string of the molecule is CCC1CCC(N(C(=O)C2CC23CCNCC3)C2CC2)CC1. The molecule has 0 radical (unpaired) electrons. The molecule has 1 spiro atoms. The largest absolute Gasteiger partial charge is 0.336 e. The van der Waals surface area contributed by atoms with E-state index in [2.05, 4.69) is 17.1 Å². The third kappa shape index (κ3) is 2.70. The Morgan fingerprint density at radius 3 is 2.18 bits per heavy atom. The number of nitrogens with zero attached hydrogens (tertiary/aromatic N) is 1. The summed E-state index contributed by atoms with van der Waals surface area (Å²) in [5.41, 5.74) is 0.399. The number of amides is 1. The van der Waals surface area contributed by atoms with Crippen LogP contribution in [0.3, 0.4) is 0 Å².